The Bertz CT molecular complexity index is 1150. The number of benzene rings is 2. The molecule has 1 N–H and O–H groups in total. The van der Waals surface area contributed by atoms with Gasteiger partial charge in [-0.2, -0.15) is 9.41 Å². The van der Waals surface area contributed by atoms with Crippen molar-refractivity contribution in [1.29, 1.82) is 0 Å². The number of halogens is 1. The molecule has 0 unspecified atom stereocenters. The minimum atomic E-state index is -3.92. The average Bonchev–Trinajstić information content (AvgIpc) is 2.76. The Morgan fingerprint density at radius 2 is 1.81 bits per heavy atom. The van der Waals surface area contributed by atoms with Crippen LogP contribution >= 0.6 is 11.6 Å². The highest BCUT2D eigenvalue weighted by atomic mass is 35.5. The number of nitrogens with one attached hydrogen (secondary N) is 1. The van der Waals surface area contributed by atoms with Crippen LogP contribution in [0.5, 0.6) is 0 Å². The number of hydrogen-bond acceptors (Lipinski definition) is 5. The normalized spacial score (nSPS) is 11.7. The molecule has 0 fully saturated rings. The van der Waals surface area contributed by atoms with Crippen molar-refractivity contribution in [2.45, 2.75) is 18.4 Å². The standard InChI is InChI=1S/C22H21ClN4O3S/c1-17-5-11-21(12-6-17)31(29,30)27(15-18-7-9-19(23)10-8-18)16-22(28)26-25-14-20-4-2-3-13-24-20/h2-14H,15-16H2,1H3,(H,26,28). The molecule has 0 aliphatic rings. The quantitative estimate of drug-likeness (QED) is 0.415. The largest absolute Gasteiger partial charge is 0.272 e. The predicted molar refractivity (Wildman–Crippen MR) is 120 cm³/mol. The fourth-order valence-electron chi connectivity index (χ4n) is 2.70. The van der Waals surface area contributed by atoms with Crippen LogP contribution in [0.2, 0.25) is 5.02 Å². The van der Waals surface area contributed by atoms with Gasteiger partial charge < -0.3 is 0 Å². The monoisotopic (exact) mass is 456 g/mol. The second-order valence-electron chi connectivity index (χ2n) is 6.76. The SMILES string of the molecule is Cc1ccc(S(=O)(=O)N(CC(=O)NN=Cc2ccccn2)Cc2ccc(Cl)cc2)cc1. The van der Waals surface area contributed by atoms with Gasteiger partial charge in [-0.3, -0.25) is 9.78 Å². The summed E-state index contributed by atoms with van der Waals surface area (Å²) in [5.41, 5.74) is 4.55. The molecule has 0 aliphatic heterocycles. The van der Waals surface area contributed by atoms with Gasteiger partial charge in [-0.1, -0.05) is 47.5 Å². The Hall–Kier alpha value is -3.07. The molecule has 31 heavy (non-hydrogen) atoms. The molecule has 0 saturated carbocycles. The molecule has 3 rings (SSSR count). The first-order valence-corrected chi connectivity index (χ1v) is 11.2. The van der Waals surface area contributed by atoms with Crippen LogP contribution in [-0.4, -0.2) is 36.4 Å². The van der Waals surface area contributed by atoms with Gasteiger partial charge in [-0.05, 0) is 48.9 Å². The summed E-state index contributed by atoms with van der Waals surface area (Å²) >= 11 is 5.92. The van der Waals surface area contributed by atoms with Gasteiger partial charge in [0.05, 0.1) is 23.3 Å². The smallest absolute Gasteiger partial charge is 0.255 e. The van der Waals surface area contributed by atoms with Gasteiger partial charge in [-0.15, -0.1) is 0 Å². The topological polar surface area (TPSA) is 91.7 Å². The second-order valence-corrected chi connectivity index (χ2v) is 9.13. The third kappa shape index (κ3) is 6.45. The summed E-state index contributed by atoms with van der Waals surface area (Å²) in [6.07, 6.45) is 2.99. The van der Waals surface area contributed by atoms with E-state index in [1.807, 2.05) is 6.92 Å². The van der Waals surface area contributed by atoms with Crippen molar-refractivity contribution >= 4 is 33.7 Å². The lowest BCUT2D eigenvalue weighted by Gasteiger charge is -2.21. The van der Waals surface area contributed by atoms with Crippen LogP contribution in [0.4, 0.5) is 0 Å². The van der Waals surface area contributed by atoms with Gasteiger partial charge in [-0.25, -0.2) is 13.8 Å². The summed E-state index contributed by atoms with van der Waals surface area (Å²) in [6.45, 7) is 1.47. The van der Waals surface area contributed by atoms with Gasteiger partial charge in [0.1, 0.15) is 0 Å². The first-order chi connectivity index (χ1) is 14.8. The van der Waals surface area contributed by atoms with E-state index < -0.39 is 22.5 Å². The zero-order chi connectivity index (χ0) is 22.3. The second kappa shape index (κ2) is 10.3. The maximum Gasteiger partial charge on any atom is 0.255 e. The van der Waals surface area contributed by atoms with Crippen LogP contribution in [0, 0.1) is 6.92 Å². The number of aryl methyl sites for hydroxylation is 1. The van der Waals surface area contributed by atoms with Crippen LogP contribution in [0.25, 0.3) is 0 Å². The Kier molecular flexibility index (Phi) is 7.51. The molecule has 160 valence electrons. The van der Waals surface area contributed by atoms with Crippen LogP contribution in [-0.2, 0) is 21.4 Å². The molecule has 1 heterocycles. The number of carbonyl (C=O) groups excluding carboxylic acids is 1. The third-order valence-corrected chi connectivity index (χ3v) is 6.38. The number of amides is 1. The van der Waals surface area contributed by atoms with Gasteiger partial charge in [0.2, 0.25) is 10.0 Å². The maximum atomic E-state index is 13.2. The first-order valence-electron chi connectivity index (χ1n) is 9.39. The van der Waals surface area contributed by atoms with E-state index in [2.05, 4.69) is 15.5 Å². The molecule has 7 nitrogen and oxygen atoms in total. The number of hydrazone groups is 1. The molecule has 1 amide bonds. The Labute approximate surface area is 186 Å². The van der Waals surface area contributed by atoms with Crippen molar-refractivity contribution in [3.63, 3.8) is 0 Å². The molecule has 0 radical (unpaired) electrons. The number of sulfonamides is 1. The van der Waals surface area contributed by atoms with Crippen molar-refractivity contribution in [1.82, 2.24) is 14.7 Å². The molecule has 2 aromatic carbocycles. The van der Waals surface area contributed by atoms with E-state index in [9.17, 15) is 13.2 Å². The summed E-state index contributed by atoms with van der Waals surface area (Å²) in [4.78, 5) is 16.6. The Morgan fingerprint density at radius 1 is 1.10 bits per heavy atom. The van der Waals surface area contributed by atoms with Crippen molar-refractivity contribution in [2.24, 2.45) is 5.10 Å². The van der Waals surface area contributed by atoms with Crippen molar-refractivity contribution in [3.05, 3.63) is 94.8 Å². The van der Waals surface area contributed by atoms with Gasteiger partial charge >= 0.3 is 0 Å². The lowest BCUT2D eigenvalue weighted by Crippen LogP contribution is -2.39. The van der Waals surface area contributed by atoms with Crippen LogP contribution < -0.4 is 5.43 Å². The highest BCUT2D eigenvalue weighted by Crippen LogP contribution is 2.20. The predicted octanol–water partition coefficient (Wildman–Crippen LogP) is 3.38. The van der Waals surface area contributed by atoms with E-state index in [4.69, 9.17) is 11.6 Å². The van der Waals surface area contributed by atoms with Crippen molar-refractivity contribution < 1.29 is 13.2 Å². The fraction of sp³-hybridized carbons (Fsp3) is 0.136. The maximum absolute atomic E-state index is 13.2. The number of hydrogen-bond donors (Lipinski definition) is 1. The third-order valence-electron chi connectivity index (χ3n) is 4.32. The van der Waals surface area contributed by atoms with Crippen LogP contribution in [0.1, 0.15) is 16.8 Å². The average molecular weight is 457 g/mol. The van der Waals surface area contributed by atoms with E-state index >= 15 is 0 Å². The zero-order valence-corrected chi connectivity index (χ0v) is 18.3. The van der Waals surface area contributed by atoms with Crippen LogP contribution in [0.3, 0.4) is 0 Å². The van der Waals surface area contributed by atoms with Crippen molar-refractivity contribution in [3.8, 4) is 0 Å². The lowest BCUT2D eigenvalue weighted by molar-refractivity contribution is -0.121. The van der Waals surface area contributed by atoms with E-state index in [1.54, 1.807) is 60.8 Å². The molecule has 0 atom stereocenters. The summed E-state index contributed by atoms with van der Waals surface area (Å²) in [5, 5.41) is 4.39. The molecule has 0 spiro atoms. The minimum absolute atomic E-state index is 0.00472. The lowest BCUT2D eigenvalue weighted by atomic mass is 10.2. The van der Waals surface area contributed by atoms with Gasteiger partial charge in [0.25, 0.3) is 5.91 Å². The molecule has 3 aromatic rings. The number of rotatable bonds is 8. The highest BCUT2D eigenvalue weighted by Gasteiger charge is 2.27. The molecule has 0 bridgehead atoms. The number of carbonyl (C=O) groups is 1. The van der Waals surface area contributed by atoms with Crippen LogP contribution in [0.15, 0.2) is 82.9 Å². The summed E-state index contributed by atoms with van der Waals surface area (Å²) in [7, 11) is -3.92. The summed E-state index contributed by atoms with van der Waals surface area (Å²) < 4.78 is 27.5. The number of nitrogens with zero attached hydrogens (tertiary/aromatic N) is 3. The molecular weight excluding hydrogens is 436 g/mol. The number of aromatic nitrogens is 1. The number of pyridine rings is 1. The van der Waals surface area contributed by atoms with Gasteiger partial charge in [0, 0.05) is 17.8 Å². The highest BCUT2D eigenvalue weighted by molar-refractivity contribution is 7.89. The van der Waals surface area contributed by atoms with Crippen molar-refractivity contribution in [2.75, 3.05) is 6.54 Å². The Balaban J connectivity index is 1.79. The molecule has 0 saturated heterocycles. The first kappa shape index (κ1) is 22.6. The zero-order valence-electron chi connectivity index (χ0n) is 16.8. The van der Waals surface area contributed by atoms with E-state index in [0.717, 1.165) is 9.87 Å². The van der Waals surface area contributed by atoms with Gasteiger partial charge in [0.15, 0.2) is 0 Å². The molecular formula is C22H21ClN4O3S. The van der Waals surface area contributed by atoms with E-state index in [0.29, 0.717) is 16.3 Å². The fourth-order valence-corrected chi connectivity index (χ4v) is 4.21. The molecule has 9 heteroatoms. The van der Waals surface area contributed by atoms with E-state index in [1.165, 1.54) is 18.3 Å². The molecule has 1 aromatic heterocycles. The summed E-state index contributed by atoms with van der Waals surface area (Å²) in [5.74, 6) is -0.572. The minimum Gasteiger partial charge on any atom is -0.272 e. The van der Waals surface area contributed by atoms with E-state index in [-0.39, 0.29) is 11.4 Å². The summed E-state index contributed by atoms with van der Waals surface area (Å²) in [6, 6.07) is 18.5. The molecule has 0 aliphatic carbocycles. The Morgan fingerprint density at radius 3 is 2.45 bits per heavy atom.